The van der Waals surface area contributed by atoms with Crippen LogP contribution in [0, 0.1) is 24.2 Å². The highest BCUT2D eigenvalue weighted by atomic mass is 16.3. The van der Waals surface area contributed by atoms with Gasteiger partial charge in [-0.3, -0.25) is 9.59 Å². The topological polar surface area (TPSA) is 101 Å². The van der Waals surface area contributed by atoms with Crippen LogP contribution in [-0.2, 0) is 9.59 Å². The van der Waals surface area contributed by atoms with E-state index in [0.29, 0.717) is 50.1 Å². The van der Waals surface area contributed by atoms with Crippen LogP contribution < -0.4 is 4.90 Å². The molecule has 1 aromatic rings. The van der Waals surface area contributed by atoms with E-state index in [9.17, 15) is 20.0 Å². The lowest BCUT2D eigenvalue weighted by Gasteiger charge is -2.43. The Balaban J connectivity index is 1.50. The second-order valence-corrected chi connectivity index (χ2v) is 10.5. The van der Waals surface area contributed by atoms with Crippen molar-refractivity contribution in [3.8, 4) is 6.07 Å². The highest BCUT2D eigenvalue weighted by molar-refractivity contribution is 5.89. The van der Waals surface area contributed by atoms with Crippen LogP contribution in [0.25, 0.3) is 5.57 Å². The minimum absolute atomic E-state index is 0.00979. The Morgan fingerprint density at radius 2 is 2.03 bits per heavy atom. The molecule has 2 amide bonds. The fourth-order valence-corrected chi connectivity index (χ4v) is 5.81. The normalized spacial score (nSPS) is 22.2. The van der Waals surface area contributed by atoms with Gasteiger partial charge in [0.25, 0.3) is 0 Å². The summed E-state index contributed by atoms with van der Waals surface area (Å²) in [5.41, 5.74) is 4.68. The van der Waals surface area contributed by atoms with Gasteiger partial charge >= 0.3 is 0 Å². The molecule has 2 aliphatic heterocycles. The minimum Gasteiger partial charge on any atom is -0.396 e. The van der Waals surface area contributed by atoms with Crippen molar-refractivity contribution in [1.29, 1.82) is 5.26 Å². The zero-order chi connectivity index (χ0) is 25.4. The van der Waals surface area contributed by atoms with Crippen molar-refractivity contribution in [2.24, 2.45) is 5.92 Å². The van der Waals surface area contributed by atoms with Gasteiger partial charge in [0, 0.05) is 50.6 Å². The van der Waals surface area contributed by atoms with Gasteiger partial charge in [-0.15, -0.1) is 0 Å². The highest BCUT2D eigenvalue weighted by Crippen LogP contribution is 2.46. The molecule has 8 heteroatoms. The number of nitrogens with zero attached hydrogens (tertiary/aromatic N) is 5. The van der Waals surface area contributed by atoms with Gasteiger partial charge in [-0.1, -0.05) is 12.7 Å². The Morgan fingerprint density at radius 1 is 1.25 bits per heavy atom. The third-order valence-corrected chi connectivity index (χ3v) is 8.02. The Kier molecular flexibility index (Phi) is 6.85. The maximum absolute atomic E-state index is 12.7. The van der Waals surface area contributed by atoms with Crippen LogP contribution in [-0.4, -0.2) is 77.1 Å². The van der Waals surface area contributed by atoms with Crippen molar-refractivity contribution in [2.45, 2.75) is 57.4 Å². The summed E-state index contributed by atoms with van der Waals surface area (Å²) in [7, 11) is 0. The van der Waals surface area contributed by atoms with Crippen molar-refractivity contribution in [3.05, 3.63) is 41.1 Å². The third kappa shape index (κ3) is 4.64. The van der Waals surface area contributed by atoms with E-state index in [4.69, 9.17) is 4.98 Å². The van der Waals surface area contributed by atoms with Gasteiger partial charge in [0.05, 0.1) is 23.9 Å². The molecule has 1 atom stereocenters. The molecule has 190 valence electrons. The smallest absolute Gasteiger partial charge is 0.246 e. The average Bonchev–Trinajstić information content (AvgIpc) is 3.81. The molecule has 8 nitrogen and oxygen atoms in total. The summed E-state index contributed by atoms with van der Waals surface area (Å²) < 4.78 is 0. The summed E-state index contributed by atoms with van der Waals surface area (Å²) in [5, 5.41) is 19.6. The molecule has 3 fully saturated rings. The van der Waals surface area contributed by atoms with Crippen LogP contribution in [0.2, 0.25) is 0 Å². The second-order valence-electron chi connectivity index (χ2n) is 10.5. The van der Waals surface area contributed by atoms with E-state index in [-0.39, 0.29) is 30.9 Å². The molecule has 1 aromatic heterocycles. The van der Waals surface area contributed by atoms with E-state index < -0.39 is 0 Å². The largest absolute Gasteiger partial charge is 0.396 e. The molecule has 0 spiro atoms. The van der Waals surface area contributed by atoms with Gasteiger partial charge in [-0.05, 0) is 62.2 Å². The predicted octanol–water partition coefficient (Wildman–Crippen LogP) is 2.75. The lowest BCUT2D eigenvalue weighted by atomic mass is 9.90. The molecule has 0 radical (unpaired) electrons. The number of carbonyl (C=O) groups excluding carboxylic acids is 2. The molecule has 1 saturated heterocycles. The Labute approximate surface area is 212 Å². The molecule has 5 rings (SSSR count). The predicted molar refractivity (Wildman–Crippen MR) is 137 cm³/mol. The van der Waals surface area contributed by atoms with E-state index >= 15 is 0 Å². The second kappa shape index (κ2) is 10.1. The van der Waals surface area contributed by atoms with Crippen LogP contribution in [0.5, 0.6) is 0 Å². The molecule has 1 N–H and O–H groups in total. The summed E-state index contributed by atoms with van der Waals surface area (Å²) in [5.74, 6) is 1.52. The van der Waals surface area contributed by atoms with Crippen molar-refractivity contribution in [1.82, 2.24) is 14.8 Å². The lowest BCUT2D eigenvalue weighted by molar-refractivity contribution is -0.135. The van der Waals surface area contributed by atoms with E-state index in [2.05, 4.69) is 23.6 Å². The number of nitriles is 1. The number of aliphatic hydroxyl groups excluding tert-OH is 1. The minimum atomic E-state index is -0.131. The summed E-state index contributed by atoms with van der Waals surface area (Å²) in [6, 6.07) is 2.54. The lowest BCUT2D eigenvalue weighted by Crippen LogP contribution is -2.56. The third-order valence-electron chi connectivity index (χ3n) is 8.02. The number of piperazine rings is 1. The highest BCUT2D eigenvalue weighted by Gasteiger charge is 2.42. The van der Waals surface area contributed by atoms with Gasteiger partial charge < -0.3 is 19.8 Å². The van der Waals surface area contributed by atoms with E-state index in [1.165, 1.54) is 6.08 Å². The average molecular weight is 490 g/mol. The van der Waals surface area contributed by atoms with Crippen molar-refractivity contribution < 1.29 is 14.7 Å². The number of carbonyl (C=O) groups is 2. The fourth-order valence-electron chi connectivity index (χ4n) is 5.81. The summed E-state index contributed by atoms with van der Waals surface area (Å²) in [6.45, 7) is 8.56. The molecule has 4 aliphatic rings. The first kappa shape index (κ1) is 24.5. The van der Waals surface area contributed by atoms with Gasteiger partial charge in [-0.25, -0.2) is 4.98 Å². The number of rotatable bonds is 7. The molecular weight excluding hydrogens is 454 g/mol. The maximum Gasteiger partial charge on any atom is 0.246 e. The SMILES string of the molecule is C=CC(=O)N1CCC=C(c2c(C3CC3)nc(N3CCN(C(=O)CCO)[C@H](C4CC4)C3)c(C#N)c2C)C1. The first-order valence-electron chi connectivity index (χ1n) is 13.2. The van der Waals surface area contributed by atoms with Gasteiger partial charge in [0.2, 0.25) is 11.8 Å². The Bertz CT molecular complexity index is 1140. The zero-order valence-electron chi connectivity index (χ0n) is 21.1. The number of amides is 2. The molecule has 0 aromatic carbocycles. The fraction of sp³-hybridized carbons (Fsp3) is 0.571. The zero-order valence-corrected chi connectivity index (χ0v) is 21.1. The van der Waals surface area contributed by atoms with Crippen LogP contribution >= 0.6 is 0 Å². The van der Waals surface area contributed by atoms with E-state index in [1.807, 2.05) is 11.8 Å². The quantitative estimate of drug-likeness (QED) is 0.591. The van der Waals surface area contributed by atoms with Crippen molar-refractivity contribution in [3.63, 3.8) is 0 Å². The van der Waals surface area contributed by atoms with E-state index in [1.54, 1.807) is 4.90 Å². The molecular formula is C28H35N5O3. The van der Waals surface area contributed by atoms with Gasteiger partial charge in [0.15, 0.2) is 0 Å². The number of aromatic nitrogens is 1. The summed E-state index contributed by atoms with van der Waals surface area (Å²) in [6.07, 6.45) is 8.88. The number of pyridine rings is 1. The maximum atomic E-state index is 12.7. The molecule has 2 aliphatic carbocycles. The van der Waals surface area contributed by atoms with Crippen LogP contribution in [0.4, 0.5) is 5.82 Å². The van der Waals surface area contributed by atoms with E-state index in [0.717, 1.165) is 60.3 Å². The van der Waals surface area contributed by atoms with Crippen molar-refractivity contribution >= 4 is 23.2 Å². The molecule has 2 saturated carbocycles. The first-order chi connectivity index (χ1) is 17.5. The molecule has 3 heterocycles. The first-order valence-corrected chi connectivity index (χ1v) is 13.2. The summed E-state index contributed by atoms with van der Waals surface area (Å²) >= 11 is 0. The number of aliphatic hydroxyl groups is 1. The summed E-state index contributed by atoms with van der Waals surface area (Å²) in [4.78, 5) is 36.1. The number of hydrogen-bond donors (Lipinski definition) is 1. The van der Waals surface area contributed by atoms with Gasteiger partial charge in [0.1, 0.15) is 11.9 Å². The Morgan fingerprint density at radius 3 is 2.67 bits per heavy atom. The molecule has 0 unspecified atom stereocenters. The van der Waals surface area contributed by atoms with Gasteiger partial charge in [-0.2, -0.15) is 5.26 Å². The van der Waals surface area contributed by atoms with Crippen LogP contribution in [0.3, 0.4) is 0 Å². The number of anilines is 1. The number of hydrogen-bond acceptors (Lipinski definition) is 6. The van der Waals surface area contributed by atoms with Crippen LogP contribution in [0.15, 0.2) is 18.7 Å². The van der Waals surface area contributed by atoms with Crippen molar-refractivity contribution in [2.75, 3.05) is 44.2 Å². The standard InChI is InChI=1S/C28H35N5O3/c1-3-24(35)31-11-4-5-21(16-31)26-18(2)22(15-29)28(30-27(26)20-8-9-20)32-12-13-33(25(36)10-14-34)23(17-32)19-6-7-19/h3,5,19-20,23,34H,1,4,6-14,16-17H2,2H3/t23-/m0/s1. The van der Waals surface area contributed by atoms with Crippen LogP contribution in [0.1, 0.15) is 66.8 Å². The molecule has 36 heavy (non-hydrogen) atoms. The monoisotopic (exact) mass is 489 g/mol. The Hall–Kier alpha value is -3.18. The molecule has 0 bridgehead atoms.